The highest BCUT2D eigenvalue weighted by molar-refractivity contribution is 9.10. The number of alkyl halides is 2. The third-order valence-electron chi connectivity index (χ3n) is 0.0797. The monoisotopic (exact) mass is 157 g/mol. The van der Waals surface area contributed by atoms with Gasteiger partial charge in [-0.15, -0.1) is 4.91 Å². The predicted molar refractivity (Wildman–Crippen MR) is 24.4 cm³/mol. The van der Waals surface area contributed by atoms with Crippen molar-refractivity contribution >= 4 is 27.5 Å². The minimum atomic E-state index is -0.762. The van der Waals surface area contributed by atoms with E-state index in [1.165, 1.54) is 0 Å². The van der Waals surface area contributed by atoms with Gasteiger partial charge in [0.25, 0.3) is 0 Å². The van der Waals surface area contributed by atoms with Gasteiger partial charge in [0.1, 0.15) is 0 Å². The lowest BCUT2D eigenvalue weighted by Crippen LogP contribution is -1.67. The first-order valence-corrected chi connectivity index (χ1v) is 2.23. The molecule has 0 radical (unpaired) electrons. The van der Waals surface area contributed by atoms with Crippen molar-refractivity contribution in [3.05, 3.63) is 4.91 Å². The summed E-state index contributed by atoms with van der Waals surface area (Å²) in [5.41, 5.74) is 0. The van der Waals surface area contributed by atoms with Gasteiger partial charge in [0.15, 0.2) is 0 Å². The molecule has 30 valence electrons. The van der Waals surface area contributed by atoms with E-state index < -0.39 is 4.41 Å². The molecule has 0 aliphatic heterocycles. The summed E-state index contributed by atoms with van der Waals surface area (Å²) in [5, 5.41) is 2.32. The van der Waals surface area contributed by atoms with Gasteiger partial charge in [0.2, 0.25) is 4.41 Å². The van der Waals surface area contributed by atoms with Crippen LogP contribution in [0.2, 0.25) is 0 Å². The van der Waals surface area contributed by atoms with E-state index in [2.05, 4.69) is 21.1 Å². The second-order valence-electron chi connectivity index (χ2n) is 0.383. The van der Waals surface area contributed by atoms with E-state index in [-0.39, 0.29) is 0 Å². The molecule has 1 atom stereocenters. The number of hydrogen-bond acceptors (Lipinski definition) is 2. The fourth-order valence-corrected chi connectivity index (χ4v) is 0. The fourth-order valence-electron chi connectivity index (χ4n) is 0. The summed E-state index contributed by atoms with van der Waals surface area (Å²) in [6, 6.07) is 0. The summed E-state index contributed by atoms with van der Waals surface area (Å²) in [5.74, 6) is 0. The summed E-state index contributed by atoms with van der Waals surface area (Å²) in [4.78, 5) is 9.08. The van der Waals surface area contributed by atoms with E-state index in [1.807, 2.05) is 0 Å². The molecule has 0 bridgehead atoms. The maximum Gasteiger partial charge on any atom is 0.219 e. The van der Waals surface area contributed by atoms with E-state index in [9.17, 15) is 0 Å². The Kier molecular flexibility index (Phi) is 2.79. The van der Waals surface area contributed by atoms with Crippen LogP contribution in [0.5, 0.6) is 0 Å². The van der Waals surface area contributed by atoms with Gasteiger partial charge in [0.05, 0.1) is 0 Å². The summed E-state index contributed by atoms with van der Waals surface area (Å²) in [6.45, 7) is 0. The van der Waals surface area contributed by atoms with Crippen molar-refractivity contribution in [1.82, 2.24) is 0 Å². The maximum atomic E-state index is 9.08. The molecule has 0 N–H and O–H groups in total. The molecule has 4 heteroatoms. The molecule has 0 fully saturated rings. The van der Waals surface area contributed by atoms with E-state index in [0.717, 1.165) is 0 Å². The van der Waals surface area contributed by atoms with E-state index in [4.69, 9.17) is 16.5 Å². The van der Waals surface area contributed by atoms with Gasteiger partial charge in [-0.3, -0.25) is 0 Å². The van der Waals surface area contributed by atoms with E-state index >= 15 is 0 Å². The van der Waals surface area contributed by atoms with Crippen LogP contribution in [0, 0.1) is 4.91 Å². The van der Waals surface area contributed by atoms with Crippen molar-refractivity contribution < 1.29 is 0 Å². The SMILES string of the molecule is O=NC(Cl)Br. The van der Waals surface area contributed by atoms with Crippen LogP contribution in [0.4, 0.5) is 0 Å². The highest BCUT2D eigenvalue weighted by Gasteiger charge is 1.86. The molecular weight excluding hydrogens is 157 g/mol. The number of rotatable bonds is 1. The van der Waals surface area contributed by atoms with Crippen molar-refractivity contribution in [2.75, 3.05) is 0 Å². The number of nitroso groups, excluding NO2 is 1. The minimum Gasteiger partial charge on any atom is -0.148 e. The molecule has 1 unspecified atom stereocenters. The van der Waals surface area contributed by atoms with Crippen LogP contribution in [0.3, 0.4) is 0 Å². The lowest BCUT2D eigenvalue weighted by Gasteiger charge is -1.72. The third-order valence-corrected chi connectivity index (χ3v) is 0.327. The Hall–Kier alpha value is 0.370. The Morgan fingerprint density at radius 2 is 2.20 bits per heavy atom. The van der Waals surface area contributed by atoms with Crippen molar-refractivity contribution in [1.29, 1.82) is 0 Å². The standard InChI is InChI=1S/CHBrClNO/c2-1(3)4-5/h1H. The summed E-state index contributed by atoms with van der Waals surface area (Å²) in [6.07, 6.45) is 0. The van der Waals surface area contributed by atoms with Crippen LogP contribution >= 0.6 is 27.5 Å². The van der Waals surface area contributed by atoms with Gasteiger partial charge in [-0.05, 0) is 21.1 Å². The molecule has 0 aliphatic rings. The Labute approximate surface area is 42.6 Å². The van der Waals surface area contributed by atoms with Crippen LogP contribution in [-0.2, 0) is 0 Å². The summed E-state index contributed by atoms with van der Waals surface area (Å²) in [7, 11) is 0. The zero-order chi connectivity index (χ0) is 4.28. The smallest absolute Gasteiger partial charge is 0.148 e. The van der Waals surface area contributed by atoms with Gasteiger partial charge >= 0.3 is 0 Å². The van der Waals surface area contributed by atoms with Crippen molar-refractivity contribution in [2.24, 2.45) is 5.18 Å². The van der Waals surface area contributed by atoms with Crippen molar-refractivity contribution in [3.63, 3.8) is 0 Å². The molecular formula is CHBrClNO. The lowest BCUT2D eigenvalue weighted by atomic mass is 11.5. The number of nitrogens with zero attached hydrogens (tertiary/aromatic N) is 1. The number of halogens is 2. The van der Waals surface area contributed by atoms with Gasteiger partial charge in [-0.2, -0.15) is 0 Å². The fraction of sp³-hybridized carbons (Fsp3) is 1.00. The van der Waals surface area contributed by atoms with Gasteiger partial charge < -0.3 is 0 Å². The highest BCUT2D eigenvalue weighted by Crippen LogP contribution is 2.02. The van der Waals surface area contributed by atoms with Crippen LogP contribution in [-0.4, -0.2) is 4.41 Å². The first-order valence-electron chi connectivity index (χ1n) is 0.877. The molecule has 5 heavy (non-hydrogen) atoms. The van der Waals surface area contributed by atoms with Gasteiger partial charge in [0, 0.05) is 0 Å². The molecule has 0 aromatic carbocycles. The highest BCUT2D eigenvalue weighted by atomic mass is 79.9. The van der Waals surface area contributed by atoms with E-state index in [0.29, 0.717) is 0 Å². The van der Waals surface area contributed by atoms with Crippen molar-refractivity contribution in [3.8, 4) is 0 Å². The van der Waals surface area contributed by atoms with Crippen molar-refractivity contribution in [2.45, 2.75) is 4.41 Å². The molecule has 0 heterocycles. The molecule has 0 saturated carbocycles. The average Bonchev–Trinajstić information content (AvgIpc) is 1.38. The lowest BCUT2D eigenvalue weighted by molar-refractivity contribution is 1.28. The quantitative estimate of drug-likeness (QED) is 0.324. The summed E-state index contributed by atoms with van der Waals surface area (Å²) >= 11 is 7.56. The molecule has 0 aliphatic carbocycles. The molecule has 0 saturated heterocycles. The average molecular weight is 158 g/mol. The summed E-state index contributed by atoms with van der Waals surface area (Å²) < 4.78 is -0.762. The zero-order valence-electron chi connectivity index (χ0n) is 2.19. The Morgan fingerprint density at radius 1 is 2.00 bits per heavy atom. The maximum absolute atomic E-state index is 9.08. The number of hydrogen-bond donors (Lipinski definition) is 0. The topological polar surface area (TPSA) is 29.4 Å². The first kappa shape index (κ1) is 5.37. The zero-order valence-corrected chi connectivity index (χ0v) is 4.53. The second kappa shape index (κ2) is 2.60. The predicted octanol–water partition coefficient (Wildman–Crippen LogP) is 1.67. The molecule has 0 aromatic rings. The van der Waals surface area contributed by atoms with Crippen LogP contribution in [0.1, 0.15) is 0 Å². The Balaban J connectivity index is 2.83. The third kappa shape index (κ3) is 4.37. The van der Waals surface area contributed by atoms with Gasteiger partial charge in [-0.25, -0.2) is 0 Å². The normalized spacial score (nSPS) is 14.0. The molecule has 0 amide bonds. The second-order valence-corrected chi connectivity index (χ2v) is 2.19. The Morgan fingerprint density at radius 3 is 2.20 bits per heavy atom. The van der Waals surface area contributed by atoms with Crippen LogP contribution < -0.4 is 0 Å². The molecule has 0 rings (SSSR count). The molecule has 0 aromatic heterocycles. The largest absolute Gasteiger partial charge is 0.219 e. The van der Waals surface area contributed by atoms with E-state index in [1.54, 1.807) is 0 Å². The minimum absolute atomic E-state index is 0.762. The van der Waals surface area contributed by atoms with Gasteiger partial charge in [-0.1, -0.05) is 11.6 Å². The Bertz CT molecular complexity index is 38.6. The van der Waals surface area contributed by atoms with Crippen LogP contribution in [0.15, 0.2) is 5.18 Å². The molecule has 2 nitrogen and oxygen atoms in total. The molecule has 0 spiro atoms. The first-order chi connectivity index (χ1) is 2.27. The van der Waals surface area contributed by atoms with Crippen LogP contribution in [0.25, 0.3) is 0 Å².